The molecule has 0 bridgehead atoms. The largest absolute Gasteiger partial charge is 0.457 e. The Balaban J connectivity index is 0.776. The van der Waals surface area contributed by atoms with Gasteiger partial charge in [0.25, 0.3) is 0 Å². The van der Waals surface area contributed by atoms with Crippen molar-refractivity contribution in [1.29, 1.82) is 0 Å². The number of fused-ring (bicyclic) bond motifs is 6. The Hall–Kier alpha value is -12.7. The Kier molecular flexibility index (Phi) is 15.8. The van der Waals surface area contributed by atoms with Gasteiger partial charge in [0.05, 0.1) is 22.2 Å². The standard InChI is InChI=1S/C90H58F6N2O2/c1-3-57-13-39-77(40-14-57)99-79-43-25-63(26-44-79)89(61-21-29-65(91)30-22-61)85-11-7-5-9-81(85)83-47-37-73(55-87(83)89)97(75-51-67(93)49-68(94)52-75)71-33-17-59(18-34-71)60-19-35-72(36-20-60)98(76-53-69(95)50-70(96)54-76)74-38-48-84-82-10-6-8-12-86(82)90(88(84)56-74,62-23-31-66(92)32-24-62)64-27-45-80(46-28-64)100-78-41-15-58(4-2)16-42-78/h3-56H,1-2H2. The lowest BCUT2D eigenvalue weighted by Crippen LogP contribution is -2.29. The molecule has 4 nitrogen and oxygen atoms in total. The molecule has 0 aromatic heterocycles. The minimum atomic E-state index is -1.02. The second-order valence-electron chi connectivity index (χ2n) is 24.9. The maximum atomic E-state index is 15.7. The molecular weight excluding hydrogens is 1250 g/mol. The summed E-state index contributed by atoms with van der Waals surface area (Å²) in [5.41, 5.74) is 15.1. The molecule has 0 spiro atoms. The van der Waals surface area contributed by atoms with E-state index in [-0.39, 0.29) is 11.4 Å². The summed E-state index contributed by atoms with van der Waals surface area (Å²) in [6.07, 6.45) is 3.54. The Morgan fingerprint density at radius 1 is 0.250 bits per heavy atom. The lowest BCUT2D eigenvalue weighted by molar-refractivity contribution is 0.482. The van der Waals surface area contributed by atoms with Crippen LogP contribution in [0.2, 0.25) is 0 Å². The maximum Gasteiger partial charge on any atom is 0.128 e. The van der Waals surface area contributed by atoms with E-state index in [1.54, 1.807) is 36.4 Å². The Morgan fingerprint density at radius 3 is 0.870 bits per heavy atom. The van der Waals surface area contributed by atoms with Gasteiger partial charge < -0.3 is 19.3 Å². The fourth-order valence-corrected chi connectivity index (χ4v) is 14.8. The van der Waals surface area contributed by atoms with Crippen LogP contribution in [0.25, 0.3) is 45.5 Å². The average molecular weight is 1310 g/mol. The fraction of sp³-hybridized carbons (Fsp3) is 0.0222. The summed E-state index contributed by atoms with van der Waals surface area (Å²) >= 11 is 0. The molecule has 2 aliphatic carbocycles. The van der Waals surface area contributed by atoms with Crippen molar-refractivity contribution in [1.82, 2.24) is 0 Å². The van der Waals surface area contributed by atoms with E-state index in [1.807, 2.05) is 204 Å². The number of ether oxygens (including phenoxy) is 2. The SMILES string of the molecule is C=Cc1ccc(Oc2ccc(C3(c4ccc(F)cc4)c4ccccc4-c4ccc(N(c5ccc(-c6ccc(N(c7cc(F)cc(F)c7)c7ccc8c(c7)C(c7ccc(F)cc7)(c7ccc(Oc9ccc(C=C)cc9)cc7)c7ccccc7-8)cc6)cc5)c5cc(F)cc(F)c5)cc43)cc2)cc1. The van der Waals surface area contributed by atoms with Gasteiger partial charge in [-0.15, -0.1) is 0 Å². The molecule has 2 unspecified atom stereocenters. The summed E-state index contributed by atoms with van der Waals surface area (Å²) in [4.78, 5) is 3.63. The first kappa shape index (κ1) is 62.2. The number of hydrogen-bond acceptors (Lipinski definition) is 4. The van der Waals surface area contributed by atoms with Crippen molar-refractivity contribution in [2.24, 2.45) is 0 Å². The Bertz CT molecular complexity index is 5070. The summed E-state index contributed by atoms with van der Waals surface area (Å²) < 4.78 is 105. The van der Waals surface area contributed by atoms with E-state index in [0.717, 1.165) is 101 Å². The molecule has 0 radical (unpaired) electrons. The number of rotatable bonds is 17. The van der Waals surface area contributed by atoms with Crippen LogP contribution in [-0.2, 0) is 10.8 Å². The third-order valence-corrected chi connectivity index (χ3v) is 19.2. The molecule has 100 heavy (non-hydrogen) atoms. The molecule has 14 aromatic carbocycles. The third kappa shape index (κ3) is 11.0. The molecule has 10 heteroatoms. The van der Waals surface area contributed by atoms with Gasteiger partial charge in [-0.05, 0) is 235 Å². The van der Waals surface area contributed by atoms with Crippen molar-refractivity contribution < 1.29 is 35.8 Å². The quantitative estimate of drug-likeness (QED) is 0.0849. The van der Waals surface area contributed by atoms with Gasteiger partial charge in [0, 0.05) is 34.9 Å². The van der Waals surface area contributed by atoms with Crippen molar-refractivity contribution in [2.45, 2.75) is 10.8 Å². The first-order chi connectivity index (χ1) is 48.8. The first-order valence-electron chi connectivity index (χ1n) is 32.6. The van der Waals surface area contributed by atoms with Crippen molar-refractivity contribution in [3.05, 3.63) is 419 Å². The predicted octanol–water partition coefficient (Wildman–Crippen LogP) is 24.7. The fourth-order valence-electron chi connectivity index (χ4n) is 14.8. The van der Waals surface area contributed by atoms with Gasteiger partial charge in [-0.1, -0.05) is 183 Å². The van der Waals surface area contributed by atoms with Gasteiger partial charge in [0.1, 0.15) is 57.9 Å². The van der Waals surface area contributed by atoms with Crippen LogP contribution in [0.5, 0.6) is 23.0 Å². The van der Waals surface area contributed by atoms with E-state index in [1.165, 1.54) is 48.5 Å². The summed E-state index contributed by atoms with van der Waals surface area (Å²) in [6, 6.07) is 94.6. The van der Waals surface area contributed by atoms with Crippen LogP contribution in [-0.4, -0.2) is 0 Å². The normalized spacial score (nSPS) is 14.7. The average Bonchev–Trinajstić information content (AvgIpc) is 1.54. The van der Waals surface area contributed by atoms with Crippen LogP contribution in [0, 0.1) is 34.9 Å². The molecule has 2 atom stereocenters. The lowest BCUT2D eigenvalue weighted by atomic mass is 9.67. The van der Waals surface area contributed by atoms with Crippen molar-refractivity contribution in [3.8, 4) is 56.4 Å². The van der Waals surface area contributed by atoms with Crippen LogP contribution in [0.3, 0.4) is 0 Å². The van der Waals surface area contributed by atoms with E-state index < -0.39 is 45.7 Å². The molecule has 0 amide bonds. The summed E-state index contributed by atoms with van der Waals surface area (Å²) in [6.45, 7) is 7.73. The Morgan fingerprint density at radius 2 is 0.540 bits per heavy atom. The van der Waals surface area contributed by atoms with Gasteiger partial charge in [-0.2, -0.15) is 0 Å². The van der Waals surface area contributed by atoms with E-state index in [2.05, 4.69) is 49.6 Å². The van der Waals surface area contributed by atoms with Gasteiger partial charge in [-0.25, -0.2) is 26.3 Å². The van der Waals surface area contributed by atoms with E-state index in [9.17, 15) is 0 Å². The predicted molar refractivity (Wildman–Crippen MR) is 389 cm³/mol. The third-order valence-electron chi connectivity index (χ3n) is 19.2. The van der Waals surface area contributed by atoms with Gasteiger partial charge >= 0.3 is 0 Å². The minimum absolute atomic E-state index is 0.230. The molecular formula is C90H58F6N2O2. The van der Waals surface area contributed by atoms with Crippen molar-refractivity contribution >= 4 is 46.3 Å². The highest BCUT2D eigenvalue weighted by Gasteiger charge is 2.48. The summed E-state index contributed by atoms with van der Waals surface area (Å²) in [7, 11) is 0. The van der Waals surface area contributed by atoms with Crippen molar-refractivity contribution in [2.75, 3.05) is 9.80 Å². The highest BCUT2D eigenvalue weighted by atomic mass is 19.2. The Labute approximate surface area is 575 Å². The van der Waals surface area contributed by atoms with Gasteiger partial charge in [-0.3, -0.25) is 0 Å². The van der Waals surface area contributed by atoms with Crippen LogP contribution in [0.15, 0.2) is 329 Å². The minimum Gasteiger partial charge on any atom is -0.457 e. The number of hydrogen-bond donors (Lipinski definition) is 0. The molecule has 16 rings (SSSR count). The van der Waals surface area contributed by atoms with Crippen LogP contribution in [0.1, 0.15) is 55.6 Å². The first-order valence-corrected chi connectivity index (χ1v) is 32.6. The highest BCUT2D eigenvalue weighted by Crippen LogP contribution is 2.60. The number of nitrogens with zero attached hydrogens (tertiary/aromatic N) is 2. The molecule has 0 fully saturated rings. The number of benzene rings is 14. The topological polar surface area (TPSA) is 24.9 Å². The molecule has 2 aliphatic rings. The molecule has 482 valence electrons. The van der Waals surface area contributed by atoms with Gasteiger partial charge in [0.2, 0.25) is 0 Å². The number of anilines is 6. The zero-order valence-electron chi connectivity index (χ0n) is 53.6. The molecule has 14 aromatic rings. The zero-order chi connectivity index (χ0) is 68.2. The summed E-state index contributed by atoms with van der Waals surface area (Å²) in [5, 5.41) is 0. The molecule has 0 aliphatic heterocycles. The van der Waals surface area contributed by atoms with E-state index in [4.69, 9.17) is 9.47 Å². The van der Waals surface area contributed by atoms with E-state index in [0.29, 0.717) is 45.7 Å². The smallest absolute Gasteiger partial charge is 0.128 e. The van der Waals surface area contributed by atoms with E-state index >= 15 is 26.3 Å². The molecule has 0 N–H and O–H groups in total. The second kappa shape index (κ2) is 25.4. The monoisotopic (exact) mass is 1310 g/mol. The molecule has 0 saturated carbocycles. The highest BCUT2D eigenvalue weighted by molar-refractivity contribution is 5.92. The number of halogens is 6. The van der Waals surface area contributed by atoms with Crippen LogP contribution < -0.4 is 19.3 Å². The van der Waals surface area contributed by atoms with Crippen molar-refractivity contribution in [3.63, 3.8) is 0 Å². The second-order valence-corrected chi connectivity index (χ2v) is 24.9. The molecule has 0 heterocycles. The lowest BCUT2D eigenvalue weighted by Gasteiger charge is -2.35. The van der Waals surface area contributed by atoms with Crippen LogP contribution >= 0.6 is 0 Å². The van der Waals surface area contributed by atoms with Gasteiger partial charge in [0.15, 0.2) is 0 Å². The maximum absolute atomic E-state index is 15.7. The molecule has 0 saturated heterocycles. The summed E-state index contributed by atoms with van der Waals surface area (Å²) in [5.74, 6) is -1.31. The zero-order valence-corrected chi connectivity index (χ0v) is 53.6. The van der Waals surface area contributed by atoms with Crippen LogP contribution in [0.4, 0.5) is 60.5 Å².